The van der Waals surface area contributed by atoms with Crippen molar-refractivity contribution >= 4 is 0 Å². The second-order valence-corrected chi connectivity index (χ2v) is 3.95. The van der Waals surface area contributed by atoms with Gasteiger partial charge >= 0.3 is 0 Å². The van der Waals surface area contributed by atoms with Gasteiger partial charge in [-0.15, -0.1) is 0 Å². The summed E-state index contributed by atoms with van der Waals surface area (Å²) in [4.78, 5) is 0. The summed E-state index contributed by atoms with van der Waals surface area (Å²) in [5.74, 6) is 0. The van der Waals surface area contributed by atoms with Crippen molar-refractivity contribution in [3.05, 3.63) is 0 Å². The van der Waals surface area contributed by atoms with Crippen LogP contribution in [0.25, 0.3) is 0 Å². The van der Waals surface area contributed by atoms with Gasteiger partial charge in [-0.1, -0.05) is 13.8 Å². The number of hydrogen-bond acceptors (Lipinski definition) is 3. The maximum atomic E-state index is 6.22. The van der Waals surface area contributed by atoms with Crippen molar-refractivity contribution in [3.8, 4) is 0 Å². The molecule has 0 aromatic rings. The van der Waals surface area contributed by atoms with E-state index in [4.69, 9.17) is 15.2 Å². The molecule has 0 bridgehead atoms. The molecule has 0 fully saturated rings. The van der Waals surface area contributed by atoms with Gasteiger partial charge in [0.1, 0.15) is 0 Å². The fourth-order valence-corrected chi connectivity index (χ4v) is 2.08. The van der Waals surface area contributed by atoms with E-state index in [-0.39, 0.29) is 11.6 Å². The van der Waals surface area contributed by atoms with Crippen LogP contribution < -0.4 is 5.73 Å². The molecule has 3 nitrogen and oxygen atoms in total. The Morgan fingerprint density at radius 3 is 2.20 bits per heavy atom. The third-order valence-electron chi connectivity index (χ3n) is 3.17. The molecule has 3 heteroatoms. The van der Waals surface area contributed by atoms with E-state index in [1.165, 1.54) is 0 Å². The zero-order valence-corrected chi connectivity index (χ0v) is 10.7. The molecule has 0 aliphatic rings. The SMILES string of the molecule is CCOC(CC)(CC)C(N)CCCOC. The number of nitrogens with two attached hydrogens (primary N) is 1. The van der Waals surface area contributed by atoms with Gasteiger partial charge in [-0.25, -0.2) is 0 Å². The number of methoxy groups -OCH3 is 1. The first-order chi connectivity index (χ1) is 7.16. The number of hydrogen-bond donors (Lipinski definition) is 1. The van der Waals surface area contributed by atoms with Gasteiger partial charge in [0.15, 0.2) is 0 Å². The van der Waals surface area contributed by atoms with Crippen LogP contribution in [0.3, 0.4) is 0 Å². The minimum absolute atomic E-state index is 0.114. The van der Waals surface area contributed by atoms with E-state index in [2.05, 4.69) is 13.8 Å². The largest absolute Gasteiger partial charge is 0.385 e. The van der Waals surface area contributed by atoms with Crippen LogP contribution in [-0.2, 0) is 9.47 Å². The van der Waals surface area contributed by atoms with Gasteiger partial charge in [-0.2, -0.15) is 0 Å². The van der Waals surface area contributed by atoms with Crippen LogP contribution in [0.2, 0.25) is 0 Å². The van der Waals surface area contributed by atoms with E-state index in [0.29, 0.717) is 0 Å². The molecular formula is C12H27NO2. The summed E-state index contributed by atoms with van der Waals surface area (Å²) in [6.07, 6.45) is 3.93. The van der Waals surface area contributed by atoms with Crippen LogP contribution in [0.15, 0.2) is 0 Å². The van der Waals surface area contributed by atoms with Crippen molar-refractivity contribution in [1.29, 1.82) is 0 Å². The molecule has 0 rings (SSSR count). The summed E-state index contributed by atoms with van der Waals surface area (Å²) in [5.41, 5.74) is 6.08. The zero-order chi connectivity index (χ0) is 11.7. The summed E-state index contributed by atoms with van der Waals surface area (Å²) in [5, 5.41) is 0. The first-order valence-corrected chi connectivity index (χ1v) is 6.05. The van der Waals surface area contributed by atoms with Gasteiger partial charge in [-0.05, 0) is 32.6 Å². The molecule has 0 saturated carbocycles. The van der Waals surface area contributed by atoms with E-state index in [1.807, 2.05) is 6.92 Å². The van der Waals surface area contributed by atoms with Crippen molar-refractivity contribution in [2.24, 2.45) is 5.73 Å². The third kappa shape index (κ3) is 4.49. The first-order valence-electron chi connectivity index (χ1n) is 6.05. The predicted molar refractivity (Wildman–Crippen MR) is 64.0 cm³/mol. The lowest BCUT2D eigenvalue weighted by molar-refractivity contribution is -0.0660. The zero-order valence-electron chi connectivity index (χ0n) is 10.7. The lowest BCUT2D eigenvalue weighted by Gasteiger charge is -2.37. The monoisotopic (exact) mass is 217 g/mol. The van der Waals surface area contributed by atoms with E-state index in [0.717, 1.165) is 38.9 Å². The van der Waals surface area contributed by atoms with Crippen LogP contribution in [0.4, 0.5) is 0 Å². The molecule has 0 aliphatic carbocycles. The van der Waals surface area contributed by atoms with Crippen LogP contribution in [0, 0.1) is 0 Å². The van der Waals surface area contributed by atoms with Crippen molar-refractivity contribution in [3.63, 3.8) is 0 Å². The topological polar surface area (TPSA) is 44.5 Å². The number of ether oxygens (including phenoxy) is 2. The Labute approximate surface area is 94.3 Å². The van der Waals surface area contributed by atoms with Gasteiger partial charge in [0.2, 0.25) is 0 Å². The molecule has 0 spiro atoms. The fourth-order valence-electron chi connectivity index (χ4n) is 2.08. The molecule has 0 radical (unpaired) electrons. The molecule has 0 aliphatic heterocycles. The quantitative estimate of drug-likeness (QED) is 0.603. The molecule has 1 unspecified atom stereocenters. The van der Waals surface area contributed by atoms with Crippen molar-refractivity contribution in [2.45, 2.75) is 58.1 Å². The molecule has 2 N–H and O–H groups in total. The van der Waals surface area contributed by atoms with Crippen LogP contribution in [0.1, 0.15) is 46.5 Å². The molecule has 0 heterocycles. The molecule has 0 aromatic heterocycles. The Morgan fingerprint density at radius 1 is 1.20 bits per heavy atom. The Morgan fingerprint density at radius 2 is 1.80 bits per heavy atom. The minimum Gasteiger partial charge on any atom is -0.385 e. The summed E-state index contributed by atoms with van der Waals surface area (Å²) in [7, 11) is 1.72. The second-order valence-electron chi connectivity index (χ2n) is 3.95. The molecular weight excluding hydrogens is 190 g/mol. The third-order valence-corrected chi connectivity index (χ3v) is 3.17. The van der Waals surface area contributed by atoms with E-state index < -0.39 is 0 Å². The highest BCUT2D eigenvalue weighted by molar-refractivity contribution is 4.89. The molecule has 0 saturated heterocycles. The highest BCUT2D eigenvalue weighted by Crippen LogP contribution is 2.26. The lowest BCUT2D eigenvalue weighted by Crippen LogP contribution is -2.49. The predicted octanol–water partition coefficient (Wildman–Crippen LogP) is 2.34. The molecule has 0 amide bonds. The minimum atomic E-state index is -0.136. The van der Waals surface area contributed by atoms with Crippen LogP contribution in [0.5, 0.6) is 0 Å². The normalized spacial score (nSPS) is 14.2. The van der Waals surface area contributed by atoms with Crippen LogP contribution >= 0.6 is 0 Å². The molecule has 1 atom stereocenters. The summed E-state index contributed by atoms with van der Waals surface area (Å²) in [6, 6.07) is 0.114. The summed E-state index contributed by atoms with van der Waals surface area (Å²) < 4.78 is 10.9. The van der Waals surface area contributed by atoms with Gasteiger partial charge < -0.3 is 15.2 Å². The Hall–Kier alpha value is -0.120. The number of rotatable bonds is 9. The van der Waals surface area contributed by atoms with Crippen molar-refractivity contribution < 1.29 is 9.47 Å². The van der Waals surface area contributed by atoms with E-state index >= 15 is 0 Å². The standard InChI is InChI=1S/C12H27NO2/c1-5-12(6-2,15-7-3)11(13)9-8-10-14-4/h11H,5-10,13H2,1-4H3. The van der Waals surface area contributed by atoms with E-state index in [1.54, 1.807) is 7.11 Å². The molecule has 15 heavy (non-hydrogen) atoms. The fraction of sp³-hybridized carbons (Fsp3) is 1.00. The molecule has 0 aromatic carbocycles. The van der Waals surface area contributed by atoms with E-state index in [9.17, 15) is 0 Å². The summed E-state index contributed by atoms with van der Waals surface area (Å²) in [6.45, 7) is 7.84. The molecule has 92 valence electrons. The highest BCUT2D eigenvalue weighted by Gasteiger charge is 2.33. The van der Waals surface area contributed by atoms with Gasteiger partial charge in [0.25, 0.3) is 0 Å². The van der Waals surface area contributed by atoms with Crippen LogP contribution in [-0.4, -0.2) is 32.0 Å². The average molecular weight is 217 g/mol. The van der Waals surface area contributed by atoms with Crippen molar-refractivity contribution in [2.75, 3.05) is 20.3 Å². The maximum absolute atomic E-state index is 6.22. The Kier molecular flexibility index (Phi) is 8.02. The smallest absolute Gasteiger partial charge is 0.0827 e. The van der Waals surface area contributed by atoms with Gasteiger partial charge in [0, 0.05) is 26.4 Å². The first kappa shape index (κ1) is 14.9. The van der Waals surface area contributed by atoms with Gasteiger partial charge in [-0.3, -0.25) is 0 Å². The maximum Gasteiger partial charge on any atom is 0.0827 e. The Balaban J connectivity index is 4.19. The second kappa shape index (κ2) is 8.08. The highest BCUT2D eigenvalue weighted by atomic mass is 16.5. The summed E-state index contributed by atoms with van der Waals surface area (Å²) >= 11 is 0. The Bertz CT molecular complexity index is 147. The lowest BCUT2D eigenvalue weighted by atomic mass is 9.86. The average Bonchev–Trinajstić information content (AvgIpc) is 2.26. The van der Waals surface area contributed by atoms with Crippen molar-refractivity contribution in [1.82, 2.24) is 0 Å². The van der Waals surface area contributed by atoms with Gasteiger partial charge in [0.05, 0.1) is 5.60 Å².